The number of carbonyl (C=O) groups excluding carboxylic acids is 1. The number of thioether (sulfide) groups is 1. The molecular formula is C20H18O2S2. The lowest BCUT2D eigenvalue weighted by Gasteiger charge is -2.11. The normalized spacial score (nSPS) is 15.4. The molecule has 4 heteroatoms. The first-order valence-electron chi connectivity index (χ1n) is 8.16. The van der Waals surface area contributed by atoms with E-state index < -0.39 is 0 Å². The van der Waals surface area contributed by atoms with Gasteiger partial charge in [0.2, 0.25) is 0 Å². The van der Waals surface area contributed by atoms with Gasteiger partial charge in [0.25, 0.3) is 0 Å². The lowest BCUT2D eigenvalue weighted by Crippen LogP contribution is -2.21. The van der Waals surface area contributed by atoms with E-state index in [2.05, 4.69) is 54.6 Å². The second-order valence-corrected chi connectivity index (χ2v) is 8.73. The van der Waals surface area contributed by atoms with E-state index in [4.69, 9.17) is 4.74 Å². The summed E-state index contributed by atoms with van der Waals surface area (Å²) in [6, 6.07) is 19.2. The lowest BCUT2D eigenvalue weighted by molar-refractivity contribution is -0.143. The van der Waals surface area contributed by atoms with Crippen LogP contribution < -0.4 is 0 Å². The molecule has 1 saturated carbocycles. The smallest absolute Gasteiger partial charge is 0.322 e. The molecule has 1 heterocycles. The van der Waals surface area contributed by atoms with E-state index >= 15 is 0 Å². The van der Waals surface area contributed by atoms with Crippen LogP contribution in [-0.2, 0) is 9.53 Å². The van der Waals surface area contributed by atoms with Gasteiger partial charge in [-0.3, -0.25) is 4.79 Å². The number of carbonyl (C=O) groups is 1. The van der Waals surface area contributed by atoms with Crippen LogP contribution in [0.25, 0.3) is 21.2 Å². The fraction of sp³-hybridized carbons (Fsp3) is 0.250. The molecule has 2 nitrogen and oxygen atoms in total. The van der Waals surface area contributed by atoms with Crippen molar-refractivity contribution in [3.05, 3.63) is 54.6 Å². The fourth-order valence-electron chi connectivity index (χ4n) is 2.88. The zero-order chi connectivity index (χ0) is 16.6. The van der Waals surface area contributed by atoms with Gasteiger partial charge in [-0.15, -0.1) is 11.3 Å². The minimum Gasteiger partial charge on any atom is -0.465 e. The molecule has 0 unspecified atom stereocenters. The van der Waals surface area contributed by atoms with Crippen molar-refractivity contribution in [2.24, 2.45) is 0 Å². The van der Waals surface area contributed by atoms with Crippen molar-refractivity contribution < 1.29 is 9.53 Å². The number of thiophene rings is 1. The molecule has 0 radical (unpaired) electrons. The van der Waals surface area contributed by atoms with Crippen LogP contribution in [-0.4, -0.2) is 17.3 Å². The molecule has 24 heavy (non-hydrogen) atoms. The van der Waals surface area contributed by atoms with Crippen molar-refractivity contribution >= 4 is 39.8 Å². The second-order valence-electron chi connectivity index (χ2n) is 5.96. The van der Waals surface area contributed by atoms with E-state index in [1.54, 1.807) is 23.1 Å². The van der Waals surface area contributed by atoms with E-state index in [1.807, 2.05) is 6.92 Å². The van der Waals surface area contributed by atoms with Crippen molar-refractivity contribution in [3.63, 3.8) is 0 Å². The third-order valence-corrected chi connectivity index (χ3v) is 7.00. The molecule has 1 aromatic heterocycles. The van der Waals surface area contributed by atoms with Gasteiger partial charge in [-0.25, -0.2) is 0 Å². The molecule has 122 valence electrons. The first kappa shape index (κ1) is 15.7. The summed E-state index contributed by atoms with van der Waals surface area (Å²) < 4.78 is 6.08. The topological polar surface area (TPSA) is 26.3 Å². The highest BCUT2D eigenvalue weighted by atomic mass is 32.2. The third kappa shape index (κ3) is 2.85. The van der Waals surface area contributed by atoms with Gasteiger partial charge < -0.3 is 4.74 Å². The first-order valence-corrected chi connectivity index (χ1v) is 9.79. The summed E-state index contributed by atoms with van der Waals surface area (Å²) >= 11 is 3.43. The molecule has 2 aromatic carbocycles. The van der Waals surface area contributed by atoms with Crippen LogP contribution in [0.15, 0.2) is 58.8 Å². The van der Waals surface area contributed by atoms with Crippen LogP contribution in [0.5, 0.6) is 0 Å². The van der Waals surface area contributed by atoms with Crippen LogP contribution in [0.2, 0.25) is 0 Å². The Bertz CT molecular complexity index is 888. The van der Waals surface area contributed by atoms with Gasteiger partial charge in [-0.05, 0) is 48.2 Å². The number of hydrogen-bond donors (Lipinski definition) is 0. The van der Waals surface area contributed by atoms with Gasteiger partial charge in [0.15, 0.2) is 0 Å². The fourth-order valence-corrected chi connectivity index (χ4v) is 5.54. The van der Waals surface area contributed by atoms with Crippen LogP contribution >= 0.6 is 23.1 Å². The maximum Gasteiger partial charge on any atom is 0.322 e. The first-order chi connectivity index (χ1) is 11.7. The van der Waals surface area contributed by atoms with Crippen LogP contribution in [0, 0.1) is 0 Å². The molecule has 1 aliphatic carbocycles. The Balaban J connectivity index is 1.62. The quantitative estimate of drug-likeness (QED) is 0.545. The average Bonchev–Trinajstić information content (AvgIpc) is 3.24. The van der Waals surface area contributed by atoms with Gasteiger partial charge in [0, 0.05) is 4.88 Å². The van der Waals surface area contributed by atoms with E-state index in [0.29, 0.717) is 6.61 Å². The highest BCUT2D eigenvalue weighted by Gasteiger charge is 2.52. The zero-order valence-corrected chi connectivity index (χ0v) is 15.1. The third-order valence-electron chi connectivity index (χ3n) is 4.28. The Labute approximate surface area is 149 Å². The van der Waals surface area contributed by atoms with Gasteiger partial charge in [-0.2, -0.15) is 0 Å². The van der Waals surface area contributed by atoms with Crippen molar-refractivity contribution in [1.82, 2.24) is 0 Å². The zero-order valence-electron chi connectivity index (χ0n) is 13.5. The van der Waals surface area contributed by atoms with Crippen LogP contribution in [0.3, 0.4) is 0 Å². The lowest BCUT2D eigenvalue weighted by atomic mass is 10.0. The Kier molecular flexibility index (Phi) is 4.10. The Morgan fingerprint density at radius 1 is 1.12 bits per heavy atom. The molecule has 0 amide bonds. The molecule has 0 spiro atoms. The highest BCUT2D eigenvalue weighted by Crippen LogP contribution is 2.54. The number of benzene rings is 2. The van der Waals surface area contributed by atoms with Crippen molar-refractivity contribution in [2.75, 3.05) is 6.61 Å². The maximum absolute atomic E-state index is 12.1. The van der Waals surface area contributed by atoms with E-state index in [1.165, 1.54) is 25.4 Å². The summed E-state index contributed by atoms with van der Waals surface area (Å²) in [6.07, 6.45) is 1.83. The minimum atomic E-state index is -0.336. The molecule has 1 fully saturated rings. The van der Waals surface area contributed by atoms with Crippen molar-refractivity contribution in [1.29, 1.82) is 0 Å². The molecule has 1 aliphatic rings. The predicted octanol–water partition coefficient (Wildman–Crippen LogP) is 5.76. The van der Waals surface area contributed by atoms with Crippen molar-refractivity contribution in [2.45, 2.75) is 28.7 Å². The molecular weight excluding hydrogens is 336 g/mol. The van der Waals surface area contributed by atoms with Crippen molar-refractivity contribution in [3.8, 4) is 10.4 Å². The van der Waals surface area contributed by atoms with E-state index in [9.17, 15) is 4.79 Å². The van der Waals surface area contributed by atoms with Crippen LogP contribution in [0.1, 0.15) is 19.8 Å². The van der Waals surface area contributed by atoms with Gasteiger partial charge in [0.1, 0.15) is 4.75 Å². The number of esters is 1. The van der Waals surface area contributed by atoms with E-state index in [-0.39, 0.29) is 10.7 Å². The largest absolute Gasteiger partial charge is 0.465 e. The van der Waals surface area contributed by atoms with Gasteiger partial charge >= 0.3 is 5.97 Å². The monoisotopic (exact) mass is 354 g/mol. The maximum atomic E-state index is 12.1. The van der Waals surface area contributed by atoms with E-state index in [0.717, 1.165) is 12.8 Å². The molecule has 0 aliphatic heterocycles. The Morgan fingerprint density at radius 3 is 2.71 bits per heavy atom. The van der Waals surface area contributed by atoms with Crippen LogP contribution in [0.4, 0.5) is 0 Å². The molecule has 0 atom stereocenters. The minimum absolute atomic E-state index is 0.0601. The summed E-state index contributed by atoms with van der Waals surface area (Å²) in [5, 5.41) is 2.52. The average molecular weight is 354 g/mol. The number of hydrogen-bond acceptors (Lipinski definition) is 4. The molecule has 4 rings (SSSR count). The summed E-state index contributed by atoms with van der Waals surface area (Å²) in [4.78, 5) is 13.4. The summed E-state index contributed by atoms with van der Waals surface area (Å²) in [7, 11) is 0. The Morgan fingerprint density at radius 2 is 1.92 bits per heavy atom. The molecule has 0 N–H and O–H groups in total. The Hall–Kier alpha value is -1.78. The highest BCUT2D eigenvalue weighted by molar-refractivity contribution is 8.03. The molecule has 0 bridgehead atoms. The standard InChI is InChI=1S/C20H18O2S2/c1-2-22-19(21)20(12-13-20)24-18-11-10-17(23-18)16-9-5-7-14-6-3-4-8-15(14)16/h3-11H,2,12-13H2,1H3. The predicted molar refractivity (Wildman–Crippen MR) is 102 cm³/mol. The number of fused-ring (bicyclic) bond motifs is 1. The SMILES string of the molecule is CCOC(=O)C1(Sc2ccc(-c3cccc4ccccc34)s2)CC1. The summed E-state index contributed by atoms with van der Waals surface area (Å²) in [6.45, 7) is 2.31. The number of rotatable bonds is 5. The number of ether oxygens (including phenoxy) is 1. The van der Waals surface area contributed by atoms with Gasteiger partial charge in [-0.1, -0.05) is 54.2 Å². The summed E-state index contributed by atoms with van der Waals surface area (Å²) in [5.74, 6) is -0.0601. The second kappa shape index (κ2) is 6.26. The molecule has 3 aromatic rings. The van der Waals surface area contributed by atoms with Gasteiger partial charge in [0.05, 0.1) is 10.8 Å². The molecule has 0 saturated heterocycles. The summed E-state index contributed by atoms with van der Waals surface area (Å²) in [5.41, 5.74) is 1.26.